The van der Waals surface area contributed by atoms with Gasteiger partial charge in [0.15, 0.2) is 6.61 Å². The predicted molar refractivity (Wildman–Crippen MR) is 116 cm³/mol. The van der Waals surface area contributed by atoms with Gasteiger partial charge in [0.25, 0.3) is 11.8 Å². The Kier molecular flexibility index (Phi) is 7.88. The molecule has 7 nitrogen and oxygen atoms in total. The highest BCUT2D eigenvalue weighted by molar-refractivity contribution is 5.97. The Morgan fingerprint density at radius 1 is 0.710 bits per heavy atom. The van der Waals surface area contributed by atoms with Gasteiger partial charge in [-0.05, 0) is 43.3 Å². The van der Waals surface area contributed by atoms with Crippen LogP contribution in [0.4, 0.5) is 0 Å². The molecule has 0 heterocycles. The molecule has 0 saturated heterocycles. The fourth-order valence-corrected chi connectivity index (χ4v) is 2.62. The van der Waals surface area contributed by atoms with E-state index in [4.69, 9.17) is 14.2 Å². The lowest BCUT2D eigenvalue weighted by Gasteiger charge is -2.13. The van der Waals surface area contributed by atoms with E-state index < -0.39 is 11.8 Å². The highest BCUT2D eigenvalue weighted by atomic mass is 16.5. The summed E-state index contributed by atoms with van der Waals surface area (Å²) >= 11 is 0. The van der Waals surface area contributed by atoms with Crippen LogP contribution in [-0.4, -0.2) is 31.6 Å². The number of hydrogen-bond donors (Lipinski definition) is 2. The first-order valence-corrected chi connectivity index (χ1v) is 9.80. The maximum atomic E-state index is 12.5. The van der Waals surface area contributed by atoms with Crippen LogP contribution in [0.1, 0.15) is 15.9 Å². The molecule has 0 atom stereocenters. The summed E-state index contributed by atoms with van der Waals surface area (Å²) in [5.74, 6) is 0.727. The van der Waals surface area contributed by atoms with E-state index in [1.54, 1.807) is 36.4 Å². The maximum Gasteiger partial charge on any atom is 0.276 e. The number of ether oxygens (including phenoxy) is 3. The van der Waals surface area contributed by atoms with Crippen LogP contribution in [0.15, 0.2) is 78.9 Å². The number of hydrazine groups is 1. The standard InChI is InChI=1S/C24H24N2O5/c1-18-11-13-20(14-12-18)31-17-23(27)25-26-24(28)21-9-5-6-10-22(21)30-16-15-29-19-7-3-2-4-8-19/h2-14H,15-17H2,1H3,(H,25,27)(H,26,28). The van der Waals surface area contributed by atoms with E-state index in [0.29, 0.717) is 23.7 Å². The molecule has 0 radical (unpaired) electrons. The molecule has 3 aromatic rings. The molecule has 2 amide bonds. The van der Waals surface area contributed by atoms with Gasteiger partial charge in [-0.1, -0.05) is 48.0 Å². The summed E-state index contributed by atoms with van der Waals surface area (Å²) in [6.07, 6.45) is 0. The fourth-order valence-electron chi connectivity index (χ4n) is 2.62. The number of carbonyl (C=O) groups is 2. The topological polar surface area (TPSA) is 85.9 Å². The molecule has 2 N–H and O–H groups in total. The number of nitrogens with one attached hydrogen (secondary N) is 2. The third-order valence-electron chi connectivity index (χ3n) is 4.19. The molecular weight excluding hydrogens is 396 g/mol. The third kappa shape index (κ3) is 7.08. The van der Waals surface area contributed by atoms with Crippen LogP contribution >= 0.6 is 0 Å². The van der Waals surface area contributed by atoms with Crippen molar-refractivity contribution in [2.45, 2.75) is 6.92 Å². The van der Waals surface area contributed by atoms with E-state index in [1.807, 2.05) is 49.4 Å². The Morgan fingerprint density at radius 2 is 1.35 bits per heavy atom. The minimum Gasteiger partial charge on any atom is -0.490 e. The normalized spacial score (nSPS) is 10.1. The Morgan fingerprint density at radius 3 is 2.13 bits per heavy atom. The Balaban J connectivity index is 1.44. The molecule has 0 bridgehead atoms. The van der Waals surface area contributed by atoms with Gasteiger partial charge in [-0.2, -0.15) is 0 Å². The van der Waals surface area contributed by atoms with Crippen molar-refractivity contribution in [1.29, 1.82) is 0 Å². The number of para-hydroxylation sites is 2. The monoisotopic (exact) mass is 420 g/mol. The molecule has 0 fully saturated rings. The maximum absolute atomic E-state index is 12.5. The van der Waals surface area contributed by atoms with Crippen LogP contribution in [0, 0.1) is 6.92 Å². The van der Waals surface area contributed by atoms with Crippen molar-refractivity contribution in [3.8, 4) is 17.2 Å². The van der Waals surface area contributed by atoms with Crippen molar-refractivity contribution in [1.82, 2.24) is 10.9 Å². The first-order chi connectivity index (χ1) is 15.1. The van der Waals surface area contributed by atoms with Gasteiger partial charge in [-0.15, -0.1) is 0 Å². The van der Waals surface area contributed by atoms with E-state index in [-0.39, 0.29) is 13.2 Å². The van der Waals surface area contributed by atoms with Crippen molar-refractivity contribution in [2.75, 3.05) is 19.8 Å². The van der Waals surface area contributed by atoms with Crippen molar-refractivity contribution < 1.29 is 23.8 Å². The smallest absolute Gasteiger partial charge is 0.276 e. The largest absolute Gasteiger partial charge is 0.490 e. The van der Waals surface area contributed by atoms with Crippen LogP contribution in [0.3, 0.4) is 0 Å². The molecule has 0 aliphatic rings. The average molecular weight is 420 g/mol. The van der Waals surface area contributed by atoms with Gasteiger partial charge in [-0.3, -0.25) is 20.4 Å². The van der Waals surface area contributed by atoms with Gasteiger partial charge < -0.3 is 14.2 Å². The predicted octanol–water partition coefficient (Wildman–Crippen LogP) is 3.29. The first kappa shape index (κ1) is 21.7. The lowest BCUT2D eigenvalue weighted by Crippen LogP contribution is -2.44. The van der Waals surface area contributed by atoms with Gasteiger partial charge in [0.1, 0.15) is 30.5 Å². The number of rotatable bonds is 9. The number of amides is 2. The summed E-state index contributed by atoms with van der Waals surface area (Å²) in [4.78, 5) is 24.4. The van der Waals surface area contributed by atoms with E-state index in [1.165, 1.54) is 0 Å². The zero-order chi connectivity index (χ0) is 21.9. The van der Waals surface area contributed by atoms with Gasteiger partial charge >= 0.3 is 0 Å². The zero-order valence-corrected chi connectivity index (χ0v) is 17.2. The number of hydrogen-bond acceptors (Lipinski definition) is 5. The molecule has 0 aliphatic carbocycles. The third-order valence-corrected chi connectivity index (χ3v) is 4.19. The summed E-state index contributed by atoms with van der Waals surface area (Å²) in [6, 6.07) is 23.5. The van der Waals surface area contributed by atoms with E-state index in [2.05, 4.69) is 10.9 Å². The van der Waals surface area contributed by atoms with Gasteiger partial charge in [0.05, 0.1) is 5.56 Å². The fraction of sp³-hybridized carbons (Fsp3) is 0.167. The van der Waals surface area contributed by atoms with Crippen LogP contribution in [-0.2, 0) is 4.79 Å². The quantitative estimate of drug-likeness (QED) is 0.410. The van der Waals surface area contributed by atoms with Crippen molar-refractivity contribution in [3.63, 3.8) is 0 Å². The molecule has 0 aromatic heterocycles. The van der Waals surface area contributed by atoms with Gasteiger partial charge in [-0.25, -0.2) is 0 Å². The molecule has 31 heavy (non-hydrogen) atoms. The lowest BCUT2D eigenvalue weighted by molar-refractivity contribution is -0.123. The summed E-state index contributed by atoms with van der Waals surface area (Å²) in [5.41, 5.74) is 6.09. The van der Waals surface area contributed by atoms with E-state index in [0.717, 1.165) is 11.3 Å². The van der Waals surface area contributed by atoms with Gasteiger partial charge in [0, 0.05) is 0 Å². The van der Waals surface area contributed by atoms with Gasteiger partial charge in [0.2, 0.25) is 0 Å². The van der Waals surface area contributed by atoms with Crippen LogP contribution < -0.4 is 25.1 Å². The summed E-state index contributed by atoms with van der Waals surface area (Å²) in [7, 11) is 0. The molecule has 0 saturated carbocycles. The second kappa shape index (κ2) is 11.3. The van der Waals surface area contributed by atoms with Crippen molar-refractivity contribution in [2.24, 2.45) is 0 Å². The Labute approximate surface area is 180 Å². The highest BCUT2D eigenvalue weighted by Gasteiger charge is 2.13. The second-order valence-electron chi connectivity index (χ2n) is 6.61. The molecule has 0 aliphatic heterocycles. The van der Waals surface area contributed by atoms with Crippen LogP contribution in [0.25, 0.3) is 0 Å². The molecule has 0 spiro atoms. The lowest BCUT2D eigenvalue weighted by atomic mass is 10.2. The molecule has 3 aromatic carbocycles. The summed E-state index contributed by atoms with van der Waals surface area (Å²) in [5, 5.41) is 0. The molecule has 3 rings (SSSR count). The highest BCUT2D eigenvalue weighted by Crippen LogP contribution is 2.18. The van der Waals surface area contributed by atoms with E-state index in [9.17, 15) is 9.59 Å². The molecule has 0 unspecified atom stereocenters. The second-order valence-corrected chi connectivity index (χ2v) is 6.61. The molecule has 160 valence electrons. The molecule has 7 heteroatoms. The van der Waals surface area contributed by atoms with Crippen LogP contribution in [0.5, 0.6) is 17.2 Å². The van der Waals surface area contributed by atoms with E-state index >= 15 is 0 Å². The number of carbonyl (C=O) groups excluding carboxylic acids is 2. The number of benzene rings is 3. The summed E-state index contributed by atoms with van der Waals surface area (Å²) < 4.78 is 16.6. The molecular formula is C24H24N2O5. The first-order valence-electron chi connectivity index (χ1n) is 9.80. The average Bonchev–Trinajstić information content (AvgIpc) is 2.81. The Bertz CT molecular complexity index is 990. The minimum atomic E-state index is -0.497. The van der Waals surface area contributed by atoms with Crippen molar-refractivity contribution in [3.05, 3.63) is 90.0 Å². The van der Waals surface area contributed by atoms with Crippen LogP contribution in [0.2, 0.25) is 0 Å². The van der Waals surface area contributed by atoms with Crippen molar-refractivity contribution >= 4 is 11.8 Å². The SMILES string of the molecule is Cc1ccc(OCC(=O)NNC(=O)c2ccccc2OCCOc2ccccc2)cc1. The summed E-state index contributed by atoms with van der Waals surface area (Å²) in [6.45, 7) is 2.32. The minimum absolute atomic E-state index is 0.224. The number of aryl methyl sites for hydroxylation is 1. The Hall–Kier alpha value is -4.00. The zero-order valence-electron chi connectivity index (χ0n) is 17.2.